The molecular weight excluding hydrogens is 959 g/mol. The molecule has 20 heteroatoms. The van der Waals surface area contributed by atoms with Crippen LogP contribution in [0.25, 0.3) is 0 Å². The molecule has 0 spiro atoms. The predicted molar refractivity (Wildman–Crippen MR) is 267 cm³/mol. The number of nitrogens with one attached hydrogen (secondary N) is 1. The number of anilines is 2. The Labute approximate surface area is 427 Å². The average Bonchev–Trinajstić information content (AvgIpc) is 4.07. The third kappa shape index (κ3) is 13.7. The van der Waals surface area contributed by atoms with Gasteiger partial charge in [-0.2, -0.15) is 26.3 Å². The Morgan fingerprint density at radius 2 is 1.07 bits per heavy atom. The number of fused-ring (bicyclic) bond motifs is 4. The van der Waals surface area contributed by atoms with Crippen molar-refractivity contribution in [1.29, 1.82) is 0 Å². The monoisotopic (exact) mass is 1040 g/mol. The summed E-state index contributed by atoms with van der Waals surface area (Å²) in [4.78, 5) is 50.5. The Balaban J connectivity index is 0.000000223. The number of piperidine rings is 2. The van der Waals surface area contributed by atoms with Gasteiger partial charge in [-0.25, -0.2) is 4.79 Å². The normalized spacial score (nSPS) is 24.3. The molecule has 1 amide bonds. The number of rotatable bonds is 12. The first kappa shape index (κ1) is 56.4. The second-order valence-electron chi connectivity index (χ2n) is 23.8. The summed E-state index contributed by atoms with van der Waals surface area (Å²) in [6.45, 7) is 21.9. The highest BCUT2D eigenvalue weighted by Gasteiger charge is 2.47. The summed E-state index contributed by atoms with van der Waals surface area (Å²) in [7, 11) is 4.06. The number of nitrogens with zero attached hydrogens (tertiary/aromatic N) is 7. The van der Waals surface area contributed by atoms with Crippen LogP contribution in [0.15, 0.2) is 36.4 Å². The zero-order valence-electron chi connectivity index (χ0n) is 44.4. The Morgan fingerprint density at radius 3 is 1.45 bits per heavy atom. The summed E-state index contributed by atoms with van der Waals surface area (Å²) in [6.07, 6.45) is -4.11. The van der Waals surface area contributed by atoms with Crippen molar-refractivity contribution < 1.29 is 55.3 Å². The quantitative estimate of drug-likeness (QED) is 0.157. The molecule has 14 nitrogen and oxygen atoms in total. The molecule has 4 unspecified atom stereocenters. The predicted octanol–water partition coefficient (Wildman–Crippen LogP) is 8.16. The van der Waals surface area contributed by atoms with Crippen LogP contribution >= 0.6 is 0 Å². The van der Waals surface area contributed by atoms with Crippen molar-refractivity contribution in [1.82, 2.24) is 29.8 Å². The van der Waals surface area contributed by atoms with E-state index in [4.69, 9.17) is 14.6 Å². The number of carboxylic acid groups (broad SMARTS) is 1. The van der Waals surface area contributed by atoms with Gasteiger partial charge in [-0.05, 0) is 156 Å². The van der Waals surface area contributed by atoms with Gasteiger partial charge in [0.05, 0.1) is 24.2 Å². The number of halogens is 6. The summed E-state index contributed by atoms with van der Waals surface area (Å²) in [5, 5.41) is 12.5. The molecule has 0 aliphatic carbocycles. The topological polar surface area (TPSA) is 125 Å². The first-order chi connectivity index (χ1) is 33.8. The molecule has 6 heterocycles. The number of esters is 1. The van der Waals surface area contributed by atoms with E-state index in [1.165, 1.54) is 24.3 Å². The summed E-state index contributed by atoms with van der Waals surface area (Å²) >= 11 is 0. The first-order valence-corrected chi connectivity index (χ1v) is 25.8. The van der Waals surface area contributed by atoms with E-state index in [-0.39, 0.29) is 60.4 Å². The van der Waals surface area contributed by atoms with Crippen molar-refractivity contribution in [2.45, 2.75) is 166 Å². The number of ether oxygens (including phenoxy) is 2. The lowest BCUT2D eigenvalue weighted by Crippen LogP contribution is -2.53. The maximum atomic E-state index is 13.8. The van der Waals surface area contributed by atoms with Crippen molar-refractivity contribution >= 4 is 29.4 Å². The van der Waals surface area contributed by atoms with E-state index in [0.717, 1.165) is 62.7 Å². The van der Waals surface area contributed by atoms with E-state index >= 15 is 0 Å². The van der Waals surface area contributed by atoms with Gasteiger partial charge in [-0.1, -0.05) is 12.1 Å². The van der Waals surface area contributed by atoms with E-state index in [0.29, 0.717) is 63.7 Å². The van der Waals surface area contributed by atoms with Gasteiger partial charge in [-0.15, -0.1) is 0 Å². The number of carboxylic acids is 1. The third-order valence-electron chi connectivity index (χ3n) is 16.1. The highest BCUT2D eigenvalue weighted by atomic mass is 19.4. The summed E-state index contributed by atoms with van der Waals surface area (Å²) < 4.78 is 92.9. The van der Waals surface area contributed by atoms with Gasteiger partial charge in [0.1, 0.15) is 11.2 Å². The molecule has 0 saturated carbocycles. The Morgan fingerprint density at radius 1 is 0.644 bits per heavy atom. The highest BCUT2D eigenvalue weighted by molar-refractivity contribution is 5.72. The van der Waals surface area contributed by atoms with E-state index in [2.05, 4.69) is 50.7 Å². The second-order valence-corrected chi connectivity index (χ2v) is 23.8. The molecule has 6 aliphatic heterocycles. The number of aliphatic carboxylic acids is 1. The fourth-order valence-corrected chi connectivity index (χ4v) is 11.6. The fourth-order valence-electron chi connectivity index (χ4n) is 11.6. The molecule has 6 saturated heterocycles. The lowest BCUT2D eigenvalue weighted by Gasteiger charge is -2.45. The number of likely N-dealkylation sites (tertiary alicyclic amines) is 3. The van der Waals surface area contributed by atoms with Crippen molar-refractivity contribution in [2.75, 3.05) is 89.3 Å². The number of alkyl halides is 6. The van der Waals surface area contributed by atoms with Crippen LogP contribution in [0.4, 0.5) is 42.5 Å². The number of amides is 1. The van der Waals surface area contributed by atoms with Gasteiger partial charge < -0.3 is 34.6 Å². The van der Waals surface area contributed by atoms with Crippen molar-refractivity contribution in [3.05, 3.63) is 58.7 Å². The van der Waals surface area contributed by atoms with Crippen LogP contribution in [0.5, 0.6) is 0 Å². The SMILES string of the molecule is CN(Cc1ccc(C(F)(F)F)cc1N1CC2CC1CN2CC(=O)O)C1(C)CCNCC1.CN(Cc1ccc(C(F)(F)F)cc1N1CC2CC1CN2CC(=O)OC(C)(C)C)C1(C)CCN(C(=O)OC(C)(C)C)CC1. The van der Waals surface area contributed by atoms with Crippen molar-refractivity contribution in [2.24, 2.45) is 0 Å². The lowest BCUT2D eigenvalue weighted by atomic mass is 9.87. The standard InChI is InChI=1S/C31H47F3N4O4.C22H31F3N4O2/c1-28(2,3)41-26(39)20-37-18-24-16-23(37)19-38(24)25-15-22(31(32,33)34)10-9-21(25)17-35(8)30(7)11-13-36(14-12-30)27(40)42-29(4,5)6;1-21(5-7-26-8-6-21)27(2)11-15-3-4-16(22(23,24)25)9-19(15)29-13-17-10-18(29)12-28(17)14-20(30)31/h9-10,15,23-24H,11-14,16-20H2,1-8H3;3-4,9,17-18,26H,5-8,10-14H2,1-2H3,(H,30,31). The molecule has 0 aromatic heterocycles. The van der Waals surface area contributed by atoms with Crippen LogP contribution in [0.3, 0.4) is 0 Å². The van der Waals surface area contributed by atoms with Gasteiger partial charge in [0.2, 0.25) is 0 Å². The van der Waals surface area contributed by atoms with E-state index in [9.17, 15) is 40.7 Å². The van der Waals surface area contributed by atoms with Crippen LogP contribution in [0, 0.1) is 0 Å². The van der Waals surface area contributed by atoms with E-state index < -0.39 is 40.7 Å². The maximum Gasteiger partial charge on any atom is 0.416 e. The van der Waals surface area contributed by atoms with E-state index in [1.54, 1.807) is 17.0 Å². The molecule has 6 aliphatic rings. The average molecular weight is 1040 g/mol. The molecule has 73 heavy (non-hydrogen) atoms. The number of hydrogen-bond acceptors (Lipinski definition) is 12. The molecule has 6 fully saturated rings. The third-order valence-corrected chi connectivity index (χ3v) is 16.1. The second kappa shape index (κ2) is 21.3. The van der Waals surface area contributed by atoms with E-state index in [1.807, 2.05) is 53.5 Å². The molecule has 2 aromatic rings. The highest BCUT2D eigenvalue weighted by Crippen LogP contribution is 2.43. The molecule has 4 atom stereocenters. The van der Waals surface area contributed by atoms with Crippen LogP contribution < -0.4 is 15.1 Å². The van der Waals surface area contributed by atoms with Crippen LogP contribution in [-0.4, -0.2) is 174 Å². The number of carbonyl (C=O) groups is 3. The molecular formula is C53H78F6N8O6. The zero-order chi connectivity index (χ0) is 53.6. The van der Waals surface area contributed by atoms with Gasteiger partial charge in [0.25, 0.3) is 0 Å². The minimum Gasteiger partial charge on any atom is -0.480 e. The minimum atomic E-state index is -4.44. The lowest BCUT2D eigenvalue weighted by molar-refractivity contribution is -0.156. The van der Waals surface area contributed by atoms with Gasteiger partial charge in [-0.3, -0.25) is 29.2 Å². The largest absolute Gasteiger partial charge is 0.480 e. The summed E-state index contributed by atoms with van der Waals surface area (Å²) in [5.74, 6) is -1.15. The summed E-state index contributed by atoms with van der Waals surface area (Å²) in [5.41, 5.74) is 0.346. The maximum absolute atomic E-state index is 13.8. The molecule has 2 N–H and O–H groups in total. The number of hydrogen-bond donors (Lipinski definition) is 2. The summed E-state index contributed by atoms with van der Waals surface area (Å²) in [6, 6.07) is 8.39. The van der Waals surface area contributed by atoms with Crippen LogP contribution in [-0.2, 0) is 44.5 Å². The van der Waals surface area contributed by atoms with Gasteiger partial charge in [0.15, 0.2) is 0 Å². The fraction of sp³-hybridized carbons (Fsp3) is 0.717. The van der Waals surface area contributed by atoms with Crippen molar-refractivity contribution in [3.8, 4) is 0 Å². The Kier molecular flexibility index (Phi) is 16.5. The van der Waals surface area contributed by atoms with Gasteiger partial charge >= 0.3 is 30.4 Å². The smallest absolute Gasteiger partial charge is 0.416 e. The molecule has 408 valence electrons. The number of benzene rings is 2. The Bertz CT molecular complexity index is 2290. The minimum absolute atomic E-state index is 0.00746. The number of carbonyl (C=O) groups excluding carboxylic acids is 2. The first-order valence-electron chi connectivity index (χ1n) is 25.8. The van der Waals surface area contributed by atoms with Crippen LogP contribution in [0.1, 0.15) is 116 Å². The van der Waals surface area contributed by atoms with Crippen molar-refractivity contribution in [3.63, 3.8) is 0 Å². The van der Waals surface area contributed by atoms with Gasteiger partial charge in [0, 0.05) is 99.0 Å². The molecule has 2 aromatic carbocycles. The molecule has 0 radical (unpaired) electrons. The zero-order valence-corrected chi connectivity index (χ0v) is 44.4. The molecule has 8 rings (SSSR count). The Hall–Kier alpha value is -4.37. The number of piperazine rings is 2. The molecule has 4 bridgehead atoms. The van der Waals surface area contributed by atoms with Crippen LogP contribution in [0.2, 0.25) is 0 Å².